The summed E-state index contributed by atoms with van der Waals surface area (Å²) in [5.74, 6) is 0.247. The molecule has 32 heavy (non-hydrogen) atoms. The first-order valence-corrected chi connectivity index (χ1v) is 11.5. The lowest BCUT2D eigenvalue weighted by molar-refractivity contribution is -0.145. The second kappa shape index (κ2) is 10.8. The van der Waals surface area contributed by atoms with Gasteiger partial charge in [-0.25, -0.2) is 4.39 Å². The van der Waals surface area contributed by atoms with E-state index in [0.717, 1.165) is 44.1 Å². The van der Waals surface area contributed by atoms with Gasteiger partial charge < -0.3 is 19.0 Å². The number of carbonyl (C=O) groups excluding carboxylic acids is 2. The van der Waals surface area contributed by atoms with Gasteiger partial charge in [0.1, 0.15) is 11.6 Å². The van der Waals surface area contributed by atoms with Gasteiger partial charge in [-0.1, -0.05) is 25.0 Å². The Kier molecular flexibility index (Phi) is 7.58. The quantitative estimate of drug-likeness (QED) is 0.585. The van der Waals surface area contributed by atoms with Gasteiger partial charge in [-0.2, -0.15) is 0 Å². The third-order valence-electron chi connectivity index (χ3n) is 6.36. The van der Waals surface area contributed by atoms with Gasteiger partial charge in [0.05, 0.1) is 25.5 Å². The molecule has 1 atom stereocenters. The van der Waals surface area contributed by atoms with Crippen LogP contribution in [0.5, 0.6) is 0 Å². The molecule has 2 fully saturated rings. The van der Waals surface area contributed by atoms with Gasteiger partial charge in [-0.15, -0.1) is 0 Å². The SMILES string of the molecule is O=C(CN(CC1CCCO1)C(=O)C1CCCC1)N(Cc1ccc(F)cc1)Cc1ccco1. The number of halogens is 1. The molecular weight excluding hydrogens is 411 g/mol. The van der Waals surface area contributed by atoms with Crippen molar-refractivity contribution in [3.05, 3.63) is 59.8 Å². The molecule has 6 nitrogen and oxygen atoms in total. The molecule has 1 aromatic carbocycles. The fraction of sp³-hybridized carbons (Fsp3) is 0.520. The average molecular weight is 443 g/mol. The van der Waals surface area contributed by atoms with Crippen LogP contribution in [0.1, 0.15) is 49.8 Å². The van der Waals surface area contributed by atoms with E-state index in [2.05, 4.69) is 0 Å². The Bertz CT molecular complexity index is 872. The highest BCUT2D eigenvalue weighted by Gasteiger charge is 2.32. The molecule has 2 aromatic rings. The number of carbonyl (C=O) groups is 2. The molecule has 7 heteroatoms. The molecule has 172 valence electrons. The van der Waals surface area contributed by atoms with Gasteiger partial charge in [-0.05, 0) is 55.5 Å². The fourth-order valence-corrected chi connectivity index (χ4v) is 4.59. The smallest absolute Gasteiger partial charge is 0.242 e. The maximum Gasteiger partial charge on any atom is 0.242 e. The molecule has 1 aliphatic heterocycles. The van der Waals surface area contributed by atoms with Crippen LogP contribution in [0.4, 0.5) is 4.39 Å². The van der Waals surface area contributed by atoms with E-state index in [1.165, 1.54) is 12.1 Å². The van der Waals surface area contributed by atoms with E-state index in [0.29, 0.717) is 25.5 Å². The summed E-state index contributed by atoms with van der Waals surface area (Å²) >= 11 is 0. The molecule has 0 spiro atoms. The maximum atomic E-state index is 13.4. The summed E-state index contributed by atoms with van der Waals surface area (Å²) in [5, 5.41) is 0. The summed E-state index contributed by atoms with van der Waals surface area (Å²) in [5.41, 5.74) is 0.819. The molecule has 1 unspecified atom stereocenters. The van der Waals surface area contributed by atoms with E-state index in [9.17, 15) is 14.0 Å². The number of hydrogen-bond donors (Lipinski definition) is 0. The van der Waals surface area contributed by atoms with Gasteiger partial charge >= 0.3 is 0 Å². The minimum absolute atomic E-state index is 0.000162. The van der Waals surface area contributed by atoms with Crippen LogP contribution in [0.2, 0.25) is 0 Å². The molecule has 2 amide bonds. The van der Waals surface area contributed by atoms with Gasteiger partial charge in [0.25, 0.3) is 0 Å². The molecule has 0 radical (unpaired) electrons. The Morgan fingerprint density at radius 2 is 1.75 bits per heavy atom. The third-order valence-corrected chi connectivity index (χ3v) is 6.36. The van der Waals surface area contributed by atoms with Crippen molar-refractivity contribution in [3.63, 3.8) is 0 Å². The van der Waals surface area contributed by atoms with E-state index < -0.39 is 0 Å². The fourth-order valence-electron chi connectivity index (χ4n) is 4.59. The molecule has 4 rings (SSSR count). The van der Waals surface area contributed by atoms with Gasteiger partial charge in [0.15, 0.2) is 0 Å². The molecule has 1 saturated heterocycles. The topological polar surface area (TPSA) is 63.0 Å². The van der Waals surface area contributed by atoms with E-state index in [-0.39, 0.29) is 42.7 Å². The van der Waals surface area contributed by atoms with Crippen LogP contribution in [0.15, 0.2) is 47.1 Å². The van der Waals surface area contributed by atoms with Gasteiger partial charge in [0.2, 0.25) is 11.8 Å². The number of hydrogen-bond acceptors (Lipinski definition) is 4. The number of benzene rings is 1. The van der Waals surface area contributed by atoms with E-state index in [1.807, 2.05) is 6.07 Å². The Labute approximate surface area is 188 Å². The maximum absolute atomic E-state index is 13.4. The highest BCUT2D eigenvalue weighted by Crippen LogP contribution is 2.27. The molecule has 2 heterocycles. The van der Waals surface area contributed by atoms with Crippen LogP contribution >= 0.6 is 0 Å². The zero-order chi connectivity index (χ0) is 22.3. The monoisotopic (exact) mass is 442 g/mol. The molecule has 1 aromatic heterocycles. The summed E-state index contributed by atoms with van der Waals surface area (Å²) in [6.45, 7) is 1.77. The summed E-state index contributed by atoms with van der Waals surface area (Å²) < 4.78 is 24.6. The zero-order valence-corrected chi connectivity index (χ0v) is 18.4. The lowest BCUT2D eigenvalue weighted by Crippen LogP contribution is -2.47. The van der Waals surface area contributed by atoms with Crippen LogP contribution < -0.4 is 0 Å². The minimum atomic E-state index is -0.317. The number of ether oxygens (including phenoxy) is 1. The van der Waals surface area contributed by atoms with Gasteiger partial charge in [-0.3, -0.25) is 9.59 Å². The van der Waals surface area contributed by atoms with Crippen molar-refractivity contribution in [2.24, 2.45) is 5.92 Å². The summed E-state index contributed by atoms with van der Waals surface area (Å²) in [6, 6.07) is 9.72. The summed E-state index contributed by atoms with van der Waals surface area (Å²) in [7, 11) is 0. The molecule has 2 aliphatic rings. The van der Waals surface area contributed by atoms with Crippen LogP contribution in [0, 0.1) is 11.7 Å². The van der Waals surface area contributed by atoms with E-state index in [4.69, 9.17) is 9.15 Å². The van der Waals surface area contributed by atoms with Crippen molar-refractivity contribution in [3.8, 4) is 0 Å². The Morgan fingerprint density at radius 3 is 2.41 bits per heavy atom. The number of rotatable bonds is 9. The average Bonchev–Trinajstić information content (AvgIpc) is 3.57. The Morgan fingerprint density at radius 1 is 0.969 bits per heavy atom. The van der Waals surface area contributed by atoms with Crippen LogP contribution in [-0.4, -0.2) is 47.4 Å². The molecule has 0 bridgehead atoms. The Hall–Kier alpha value is -2.67. The van der Waals surface area contributed by atoms with Crippen LogP contribution in [0.3, 0.4) is 0 Å². The second-order valence-corrected chi connectivity index (χ2v) is 8.79. The first kappa shape index (κ1) is 22.5. The van der Waals surface area contributed by atoms with Crippen molar-refractivity contribution in [2.75, 3.05) is 19.7 Å². The van der Waals surface area contributed by atoms with Crippen molar-refractivity contribution in [2.45, 2.75) is 57.7 Å². The first-order chi connectivity index (χ1) is 15.6. The van der Waals surface area contributed by atoms with Crippen molar-refractivity contribution in [1.29, 1.82) is 0 Å². The lowest BCUT2D eigenvalue weighted by atomic mass is 10.1. The largest absolute Gasteiger partial charge is 0.467 e. The standard InChI is InChI=1S/C25H31FN2O4/c26-21-11-9-19(10-12-21)15-27(16-22-7-3-13-31-22)24(29)18-28(17-23-8-4-14-32-23)25(30)20-5-1-2-6-20/h3,7,9-13,20,23H,1-2,4-6,8,14-18H2. The first-order valence-electron chi connectivity index (χ1n) is 11.5. The number of furan rings is 1. The predicted octanol–water partition coefficient (Wildman–Crippen LogP) is 4.15. The highest BCUT2D eigenvalue weighted by molar-refractivity contribution is 5.86. The van der Waals surface area contributed by atoms with Crippen LogP contribution in [0.25, 0.3) is 0 Å². The van der Waals surface area contributed by atoms with E-state index >= 15 is 0 Å². The van der Waals surface area contributed by atoms with Crippen molar-refractivity contribution >= 4 is 11.8 Å². The number of amides is 2. The van der Waals surface area contributed by atoms with Crippen molar-refractivity contribution < 1.29 is 23.1 Å². The summed E-state index contributed by atoms with van der Waals surface area (Å²) in [6.07, 6.45) is 7.36. The molecule has 1 aliphatic carbocycles. The third kappa shape index (κ3) is 5.97. The van der Waals surface area contributed by atoms with Crippen LogP contribution in [-0.2, 0) is 27.4 Å². The minimum Gasteiger partial charge on any atom is -0.467 e. The lowest BCUT2D eigenvalue weighted by Gasteiger charge is -2.30. The Balaban J connectivity index is 1.49. The van der Waals surface area contributed by atoms with E-state index in [1.54, 1.807) is 34.3 Å². The normalized spacial score (nSPS) is 18.7. The van der Waals surface area contributed by atoms with Crippen molar-refractivity contribution in [1.82, 2.24) is 9.80 Å². The highest BCUT2D eigenvalue weighted by atomic mass is 19.1. The second-order valence-electron chi connectivity index (χ2n) is 8.79. The zero-order valence-electron chi connectivity index (χ0n) is 18.4. The predicted molar refractivity (Wildman–Crippen MR) is 117 cm³/mol. The molecular formula is C25H31FN2O4. The molecule has 1 saturated carbocycles. The number of nitrogens with zero attached hydrogens (tertiary/aromatic N) is 2. The molecule has 0 N–H and O–H groups in total. The van der Waals surface area contributed by atoms with Gasteiger partial charge in [0, 0.05) is 25.6 Å². The summed E-state index contributed by atoms with van der Waals surface area (Å²) in [4.78, 5) is 30.0.